The molecule has 0 radical (unpaired) electrons. The van der Waals surface area contributed by atoms with Crippen molar-refractivity contribution in [2.24, 2.45) is 0 Å². The summed E-state index contributed by atoms with van der Waals surface area (Å²) in [6, 6.07) is 46.6. The summed E-state index contributed by atoms with van der Waals surface area (Å²) in [6.45, 7) is 9.33. The van der Waals surface area contributed by atoms with Gasteiger partial charge in [-0.3, -0.25) is 9.97 Å². The molecule has 0 fully saturated rings. The van der Waals surface area contributed by atoms with Gasteiger partial charge in [-0.15, -0.1) is 0 Å². The van der Waals surface area contributed by atoms with Gasteiger partial charge in [0.25, 0.3) is 0 Å². The minimum atomic E-state index is -0.135. The zero-order valence-corrected chi connectivity index (χ0v) is 31.5. The molecular weight excluding hydrogens is 645 g/mol. The predicted octanol–water partition coefficient (Wildman–Crippen LogP) is 13.1. The lowest BCUT2D eigenvalue weighted by Crippen LogP contribution is -2.27. The van der Waals surface area contributed by atoms with Crippen LogP contribution >= 0.6 is 0 Å². The van der Waals surface area contributed by atoms with Gasteiger partial charge >= 0.3 is 0 Å². The maximum atomic E-state index is 4.44. The zero-order valence-electron chi connectivity index (χ0n) is 31.5. The van der Waals surface area contributed by atoms with E-state index < -0.39 is 0 Å². The van der Waals surface area contributed by atoms with Gasteiger partial charge in [0.15, 0.2) is 0 Å². The number of hydrogen-bond donors (Lipinski definition) is 0. The van der Waals surface area contributed by atoms with Crippen LogP contribution in [0.3, 0.4) is 0 Å². The van der Waals surface area contributed by atoms with Crippen LogP contribution in [0.1, 0.15) is 82.1 Å². The quantitative estimate of drug-likeness (QED) is 0.120. The molecule has 4 aromatic carbocycles. The lowest BCUT2D eigenvalue weighted by Gasteiger charge is -2.35. The fourth-order valence-electron chi connectivity index (χ4n) is 8.08. The molecule has 0 amide bonds. The second-order valence-corrected chi connectivity index (χ2v) is 14.2. The van der Waals surface area contributed by atoms with Crippen molar-refractivity contribution in [3.05, 3.63) is 198 Å². The van der Waals surface area contributed by atoms with E-state index in [1.165, 1.54) is 28.0 Å². The molecule has 0 bridgehead atoms. The van der Waals surface area contributed by atoms with Crippen LogP contribution in [-0.2, 0) is 10.8 Å². The number of benzene rings is 4. The van der Waals surface area contributed by atoms with Gasteiger partial charge in [-0.2, -0.15) is 0 Å². The molecule has 266 valence electrons. The highest BCUT2D eigenvalue weighted by Gasteiger charge is 2.33. The first-order valence-corrected chi connectivity index (χ1v) is 19.1. The van der Waals surface area contributed by atoms with Crippen molar-refractivity contribution < 1.29 is 0 Å². The van der Waals surface area contributed by atoms with Crippen LogP contribution in [0.25, 0.3) is 0 Å². The smallest absolute Gasteiger partial charge is 0.0644 e. The third-order valence-corrected chi connectivity index (χ3v) is 11.5. The van der Waals surface area contributed by atoms with Gasteiger partial charge in [-0.25, -0.2) is 0 Å². The number of hydrogen-bond acceptors (Lipinski definition) is 4. The number of para-hydroxylation sites is 1. The van der Waals surface area contributed by atoms with E-state index in [-0.39, 0.29) is 10.8 Å². The van der Waals surface area contributed by atoms with Gasteiger partial charge in [-0.05, 0) is 121 Å². The van der Waals surface area contributed by atoms with Crippen molar-refractivity contribution in [1.82, 2.24) is 9.97 Å². The van der Waals surface area contributed by atoms with Gasteiger partial charge in [-0.1, -0.05) is 107 Å². The molecule has 0 saturated carbocycles. The highest BCUT2D eigenvalue weighted by Crippen LogP contribution is 2.43. The van der Waals surface area contributed by atoms with Gasteiger partial charge in [0.2, 0.25) is 0 Å². The molecule has 1 atom stereocenters. The van der Waals surface area contributed by atoms with Crippen molar-refractivity contribution >= 4 is 28.4 Å². The molecule has 2 heterocycles. The van der Waals surface area contributed by atoms with Gasteiger partial charge in [0.1, 0.15) is 0 Å². The summed E-state index contributed by atoms with van der Waals surface area (Å²) >= 11 is 0. The van der Waals surface area contributed by atoms with E-state index in [2.05, 4.69) is 181 Å². The van der Waals surface area contributed by atoms with Gasteiger partial charge < -0.3 is 9.80 Å². The predicted molar refractivity (Wildman–Crippen MR) is 223 cm³/mol. The number of aromatic nitrogens is 2. The number of nitrogens with zero attached hydrogens (tertiary/aromatic N) is 4. The second kappa shape index (κ2) is 15.9. The molecule has 6 aromatic rings. The lowest BCUT2D eigenvalue weighted by molar-refractivity contribution is 0.477. The Morgan fingerprint density at radius 2 is 0.962 bits per heavy atom. The normalized spacial score (nSPS) is 13.9. The Kier molecular flexibility index (Phi) is 10.7. The molecule has 0 N–H and O–H groups in total. The minimum absolute atomic E-state index is 0.0857. The van der Waals surface area contributed by atoms with Crippen molar-refractivity contribution in [2.75, 3.05) is 9.80 Å². The third-order valence-electron chi connectivity index (χ3n) is 11.5. The number of rotatable bonds is 13. The number of anilines is 5. The summed E-state index contributed by atoms with van der Waals surface area (Å²) in [6.07, 6.45) is 19.5. The zero-order chi connectivity index (χ0) is 36.7. The van der Waals surface area contributed by atoms with Crippen molar-refractivity contribution in [3.8, 4) is 0 Å². The van der Waals surface area contributed by atoms with Crippen molar-refractivity contribution in [2.45, 2.75) is 70.6 Å². The van der Waals surface area contributed by atoms with Crippen LogP contribution in [0.5, 0.6) is 0 Å². The van der Waals surface area contributed by atoms with Gasteiger partial charge in [0.05, 0.1) is 23.8 Å². The van der Waals surface area contributed by atoms with E-state index in [0.29, 0.717) is 0 Å². The molecule has 0 spiro atoms. The fourth-order valence-corrected chi connectivity index (χ4v) is 8.08. The van der Waals surface area contributed by atoms with E-state index >= 15 is 0 Å². The number of pyridine rings is 2. The topological polar surface area (TPSA) is 32.3 Å². The van der Waals surface area contributed by atoms with E-state index in [1.54, 1.807) is 0 Å². The van der Waals surface area contributed by atoms with Crippen LogP contribution in [0.4, 0.5) is 28.4 Å². The fraction of sp³-hybridized carbons (Fsp3) is 0.224. The summed E-state index contributed by atoms with van der Waals surface area (Å²) in [5.41, 5.74) is 11.8. The maximum Gasteiger partial charge on any atom is 0.0644 e. The molecule has 0 saturated heterocycles. The summed E-state index contributed by atoms with van der Waals surface area (Å²) < 4.78 is 0. The summed E-state index contributed by atoms with van der Waals surface area (Å²) in [4.78, 5) is 13.4. The van der Waals surface area contributed by atoms with E-state index in [0.717, 1.165) is 60.5 Å². The van der Waals surface area contributed by atoms with Crippen molar-refractivity contribution in [3.63, 3.8) is 0 Å². The lowest BCUT2D eigenvalue weighted by atomic mass is 9.69. The minimum Gasteiger partial charge on any atom is -0.309 e. The SMILES string of the molecule is CCC(C)(c1ccc(N(c2ccccc2)c2cccnc2)cc1)c1ccc(C(CC)(CC)c2ccc(N(C3=CCCC=C3)c3cccnc3)cc2)cc1. The highest BCUT2D eigenvalue weighted by atomic mass is 15.2. The summed E-state index contributed by atoms with van der Waals surface area (Å²) in [5.74, 6) is 0. The standard InChI is InChI=1S/C49H50N4/c1-5-48(4,39-26-30-44(31-27-39)52(42-16-10-8-11-17-42)46-20-14-34-50-36-46)38-22-24-40(25-23-38)49(6-2,7-3)41-28-32-45(33-29-41)53(43-18-12-9-13-19-43)47-21-15-35-51-37-47/h8,10-12,14-37H,5-7,9,13H2,1-4H3. The van der Waals surface area contributed by atoms with Crippen LogP contribution in [0.2, 0.25) is 0 Å². The Bertz CT molecular complexity index is 2080. The van der Waals surface area contributed by atoms with Crippen LogP contribution in [-0.4, -0.2) is 9.97 Å². The first kappa shape index (κ1) is 35.7. The Labute approximate surface area is 316 Å². The molecule has 4 nitrogen and oxygen atoms in total. The Morgan fingerprint density at radius 1 is 0.491 bits per heavy atom. The molecule has 1 aliphatic carbocycles. The third kappa shape index (κ3) is 7.06. The largest absolute Gasteiger partial charge is 0.309 e. The Balaban J connectivity index is 1.17. The van der Waals surface area contributed by atoms with Crippen molar-refractivity contribution in [1.29, 1.82) is 0 Å². The molecule has 7 rings (SSSR count). The molecule has 1 unspecified atom stereocenters. The molecule has 2 aromatic heterocycles. The van der Waals surface area contributed by atoms with Crippen LogP contribution < -0.4 is 9.80 Å². The molecule has 1 aliphatic rings. The van der Waals surface area contributed by atoms with E-state index in [4.69, 9.17) is 0 Å². The summed E-state index contributed by atoms with van der Waals surface area (Å²) in [7, 11) is 0. The molecule has 53 heavy (non-hydrogen) atoms. The summed E-state index contributed by atoms with van der Waals surface area (Å²) in [5, 5.41) is 0. The molecular formula is C49H50N4. The van der Waals surface area contributed by atoms with Crippen LogP contribution in [0, 0.1) is 0 Å². The van der Waals surface area contributed by atoms with E-state index in [1.807, 2.05) is 36.9 Å². The number of allylic oxidation sites excluding steroid dienone is 3. The monoisotopic (exact) mass is 694 g/mol. The second-order valence-electron chi connectivity index (χ2n) is 14.2. The average molecular weight is 695 g/mol. The Morgan fingerprint density at radius 3 is 1.45 bits per heavy atom. The first-order valence-electron chi connectivity index (χ1n) is 19.1. The first-order chi connectivity index (χ1) is 26.0. The molecule has 4 heteroatoms. The van der Waals surface area contributed by atoms with E-state index in [9.17, 15) is 0 Å². The maximum absolute atomic E-state index is 4.44. The van der Waals surface area contributed by atoms with Gasteiger partial charge in [0, 0.05) is 46.0 Å². The van der Waals surface area contributed by atoms with Crippen LogP contribution in [0.15, 0.2) is 176 Å². The highest BCUT2D eigenvalue weighted by molar-refractivity contribution is 5.76. The Hall–Kier alpha value is -5.74. The average Bonchev–Trinajstić information content (AvgIpc) is 3.24. The molecule has 0 aliphatic heterocycles.